The lowest BCUT2D eigenvalue weighted by atomic mass is 9.94. The van der Waals surface area contributed by atoms with Crippen molar-refractivity contribution < 1.29 is 24.1 Å². The Morgan fingerprint density at radius 2 is 1.80 bits per heavy atom. The predicted octanol–water partition coefficient (Wildman–Crippen LogP) is 4.50. The van der Waals surface area contributed by atoms with Crippen LogP contribution in [0.4, 0.5) is 11.4 Å². The third-order valence-electron chi connectivity index (χ3n) is 6.97. The molecule has 0 N–H and O–H groups in total. The molecule has 44 heavy (non-hydrogen) atoms. The van der Waals surface area contributed by atoms with E-state index in [1.807, 2.05) is 0 Å². The van der Waals surface area contributed by atoms with Crippen LogP contribution in [0.25, 0.3) is 6.08 Å². The van der Waals surface area contributed by atoms with Gasteiger partial charge in [0.1, 0.15) is 12.4 Å². The van der Waals surface area contributed by atoms with Gasteiger partial charge in [-0.05, 0) is 67.8 Å². The van der Waals surface area contributed by atoms with Gasteiger partial charge in [0.05, 0.1) is 38.3 Å². The molecule has 4 aromatic rings. The Morgan fingerprint density at radius 1 is 1.05 bits per heavy atom. The van der Waals surface area contributed by atoms with Gasteiger partial charge in [-0.2, -0.15) is 0 Å². The molecule has 224 valence electrons. The van der Waals surface area contributed by atoms with Gasteiger partial charge >= 0.3 is 5.97 Å². The average molecular weight is 615 g/mol. The maximum absolute atomic E-state index is 13.9. The number of allylic oxidation sites excluding steroid dienone is 1. The molecule has 0 radical (unpaired) electrons. The Kier molecular flexibility index (Phi) is 8.49. The maximum Gasteiger partial charge on any atom is 0.338 e. The van der Waals surface area contributed by atoms with E-state index >= 15 is 0 Å². The van der Waals surface area contributed by atoms with Crippen molar-refractivity contribution in [3.05, 3.63) is 140 Å². The first-order chi connectivity index (χ1) is 21.1. The van der Waals surface area contributed by atoms with Crippen molar-refractivity contribution in [3.63, 3.8) is 0 Å². The lowest BCUT2D eigenvalue weighted by molar-refractivity contribution is -0.385. The Balaban J connectivity index is 1.54. The fourth-order valence-electron chi connectivity index (χ4n) is 4.83. The van der Waals surface area contributed by atoms with Crippen LogP contribution in [0.15, 0.2) is 87.8 Å². The molecule has 0 saturated carbocycles. The minimum absolute atomic E-state index is 0.00961. The van der Waals surface area contributed by atoms with Crippen LogP contribution < -0.4 is 19.6 Å². The number of rotatable bonds is 9. The number of nitro benzene ring substituents is 2. The van der Waals surface area contributed by atoms with E-state index in [0.29, 0.717) is 37.5 Å². The van der Waals surface area contributed by atoms with E-state index in [9.17, 15) is 29.8 Å². The molecule has 12 nitrogen and oxygen atoms in total. The van der Waals surface area contributed by atoms with Gasteiger partial charge in [0, 0.05) is 23.8 Å². The molecule has 0 spiro atoms. The van der Waals surface area contributed by atoms with Crippen LogP contribution in [0.5, 0.6) is 5.75 Å². The Bertz CT molecular complexity index is 2010. The molecule has 1 aliphatic heterocycles. The number of carbonyl (C=O) groups is 1. The minimum Gasteiger partial charge on any atom is -0.489 e. The van der Waals surface area contributed by atoms with E-state index in [-0.39, 0.29) is 30.2 Å². The summed E-state index contributed by atoms with van der Waals surface area (Å²) in [6.45, 7) is 5.21. The molecule has 0 fully saturated rings. The second kappa shape index (κ2) is 12.4. The van der Waals surface area contributed by atoms with Crippen molar-refractivity contribution >= 4 is 34.8 Å². The zero-order valence-corrected chi connectivity index (χ0v) is 24.7. The number of non-ortho nitro benzene ring substituents is 1. The molecular weight excluding hydrogens is 588 g/mol. The molecule has 3 aromatic carbocycles. The van der Waals surface area contributed by atoms with Crippen LogP contribution in [-0.4, -0.2) is 27.0 Å². The number of aromatic nitrogens is 1. The molecule has 0 bridgehead atoms. The smallest absolute Gasteiger partial charge is 0.338 e. The predicted molar refractivity (Wildman–Crippen MR) is 162 cm³/mol. The lowest BCUT2D eigenvalue weighted by Gasteiger charge is -2.24. The number of nitrogens with zero attached hydrogens (tertiary/aromatic N) is 4. The van der Waals surface area contributed by atoms with Crippen LogP contribution >= 0.6 is 11.3 Å². The quantitative estimate of drug-likeness (QED) is 0.152. The van der Waals surface area contributed by atoms with Crippen molar-refractivity contribution in [1.82, 2.24) is 4.57 Å². The number of esters is 1. The highest BCUT2D eigenvalue weighted by atomic mass is 32.1. The summed E-state index contributed by atoms with van der Waals surface area (Å²) in [7, 11) is 0. The molecule has 0 amide bonds. The van der Waals surface area contributed by atoms with Crippen LogP contribution in [0.3, 0.4) is 0 Å². The van der Waals surface area contributed by atoms with E-state index in [4.69, 9.17) is 9.47 Å². The zero-order valence-electron chi connectivity index (χ0n) is 23.9. The largest absolute Gasteiger partial charge is 0.489 e. The topological polar surface area (TPSA) is 156 Å². The standard InChI is InChI=1S/C31H26N4O8S/c1-4-42-30(37)27-19(3)32-31-33(28(27)22-11-8-18(2)25(16-22)35(40)41)29(36)26(44-31)15-21-6-5-7-24(14-21)43-17-20-9-12-23(13-10-20)34(38)39/h5-16,28H,4,17H2,1-3H3/b26-15+/t28-/m1/s1. The average Bonchev–Trinajstić information content (AvgIpc) is 3.29. The minimum atomic E-state index is -0.983. The number of aryl methyl sites for hydroxylation is 1. The molecule has 0 aliphatic carbocycles. The van der Waals surface area contributed by atoms with Crippen LogP contribution in [0.2, 0.25) is 0 Å². The molecule has 1 aromatic heterocycles. The normalized spacial score (nSPS) is 14.5. The first-order valence-electron chi connectivity index (χ1n) is 13.5. The van der Waals surface area contributed by atoms with E-state index in [1.54, 1.807) is 75.4 Å². The van der Waals surface area contributed by atoms with Gasteiger partial charge in [-0.3, -0.25) is 29.6 Å². The highest BCUT2D eigenvalue weighted by Crippen LogP contribution is 2.33. The molecule has 1 atom stereocenters. The molecular formula is C31H26N4O8S. The van der Waals surface area contributed by atoms with Crippen molar-refractivity contribution in [2.45, 2.75) is 33.4 Å². The van der Waals surface area contributed by atoms with Crippen LogP contribution in [0.1, 0.15) is 42.1 Å². The number of nitro groups is 2. The Morgan fingerprint density at radius 3 is 2.48 bits per heavy atom. The number of fused-ring (bicyclic) bond motifs is 1. The number of hydrogen-bond donors (Lipinski definition) is 0. The third-order valence-corrected chi connectivity index (χ3v) is 7.95. The Hall–Kier alpha value is -5.43. The lowest BCUT2D eigenvalue weighted by Crippen LogP contribution is -2.40. The summed E-state index contributed by atoms with van der Waals surface area (Å²) in [5, 5.41) is 22.6. The Labute approximate surface area is 254 Å². The van der Waals surface area contributed by atoms with E-state index in [1.165, 1.54) is 22.8 Å². The fraction of sp³-hybridized carbons (Fsp3) is 0.194. The summed E-state index contributed by atoms with van der Waals surface area (Å²) in [4.78, 5) is 53.5. The molecule has 13 heteroatoms. The molecule has 2 heterocycles. The van der Waals surface area contributed by atoms with Crippen LogP contribution in [-0.2, 0) is 16.1 Å². The van der Waals surface area contributed by atoms with Crippen molar-refractivity contribution in [2.24, 2.45) is 4.99 Å². The van der Waals surface area contributed by atoms with Gasteiger partial charge in [-0.15, -0.1) is 0 Å². The highest BCUT2D eigenvalue weighted by molar-refractivity contribution is 7.07. The highest BCUT2D eigenvalue weighted by Gasteiger charge is 2.34. The van der Waals surface area contributed by atoms with Crippen LogP contribution in [0, 0.1) is 27.2 Å². The van der Waals surface area contributed by atoms with E-state index in [0.717, 1.165) is 16.9 Å². The number of ether oxygens (including phenoxy) is 2. The number of thiazole rings is 1. The summed E-state index contributed by atoms with van der Waals surface area (Å²) >= 11 is 1.13. The van der Waals surface area contributed by atoms with Gasteiger partial charge in [0.2, 0.25) is 0 Å². The zero-order chi connectivity index (χ0) is 31.5. The van der Waals surface area contributed by atoms with Crippen molar-refractivity contribution in [3.8, 4) is 5.75 Å². The van der Waals surface area contributed by atoms with Gasteiger partial charge in [0.25, 0.3) is 16.9 Å². The van der Waals surface area contributed by atoms with Gasteiger partial charge in [-0.25, -0.2) is 9.79 Å². The summed E-state index contributed by atoms with van der Waals surface area (Å²) < 4.78 is 12.9. The summed E-state index contributed by atoms with van der Waals surface area (Å²) in [5.41, 5.74) is 2.16. The summed E-state index contributed by atoms with van der Waals surface area (Å²) in [6.07, 6.45) is 1.68. The first-order valence-corrected chi connectivity index (χ1v) is 14.3. The molecule has 1 aliphatic rings. The first kappa shape index (κ1) is 30.0. The molecule has 0 saturated heterocycles. The fourth-order valence-corrected chi connectivity index (χ4v) is 5.87. The third kappa shape index (κ3) is 6.03. The number of benzene rings is 3. The van der Waals surface area contributed by atoms with Gasteiger partial charge < -0.3 is 9.47 Å². The number of carbonyl (C=O) groups excluding carboxylic acids is 1. The molecule has 0 unspecified atom stereocenters. The van der Waals surface area contributed by atoms with Gasteiger partial charge in [0.15, 0.2) is 4.80 Å². The second-order valence-corrected chi connectivity index (χ2v) is 10.9. The van der Waals surface area contributed by atoms with Gasteiger partial charge in [-0.1, -0.05) is 35.6 Å². The van der Waals surface area contributed by atoms with Crippen molar-refractivity contribution in [1.29, 1.82) is 0 Å². The summed E-state index contributed by atoms with van der Waals surface area (Å²) in [5.74, 6) is -0.135. The van der Waals surface area contributed by atoms with E-state index in [2.05, 4.69) is 4.99 Å². The second-order valence-electron chi connectivity index (χ2n) is 9.89. The van der Waals surface area contributed by atoms with E-state index < -0.39 is 27.4 Å². The summed E-state index contributed by atoms with van der Waals surface area (Å²) in [6, 6.07) is 16.8. The SMILES string of the molecule is CCOC(=O)C1=C(C)N=c2s/c(=C/c3cccc(OCc4ccc([N+](=O)[O-])cc4)c3)c(=O)n2[C@@H]1c1ccc(C)c([N+](=O)[O-])c1. The number of hydrogen-bond acceptors (Lipinski definition) is 10. The molecule has 5 rings (SSSR count). The maximum atomic E-state index is 13.9. The van der Waals surface area contributed by atoms with Crippen molar-refractivity contribution in [2.75, 3.05) is 6.61 Å². The monoisotopic (exact) mass is 614 g/mol.